The molecule has 0 saturated heterocycles. The molecule has 0 saturated carbocycles. The minimum Gasteiger partial charge on any atom is -0.465 e. The summed E-state index contributed by atoms with van der Waals surface area (Å²) in [4.78, 5) is 23.4. The Bertz CT molecular complexity index is 466. The van der Waals surface area contributed by atoms with E-state index in [1.807, 2.05) is 12.1 Å². The van der Waals surface area contributed by atoms with E-state index >= 15 is 0 Å². The van der Waals surface area contributed by atoms with Crippen LogP contribution in [-0.2, 0) is 26.2 Å². The number of ether oxygens (including phenoxy) is 1. The Kier molecular flexibility index (Phi) is 5.49. The third-order valence-corrected chi connectivity index (χ3v) is 3.32. The molecule has 0 spiro atoms. The van der Waals surface area contributed by atoms with Crippen molar-refractivity contribution in [3.63, 3.8) is 0 Å². The van der Waals surface area contributed by atoms with Gasteiger partial charge in [0.25, 0.3) is 0 Å². The number of benzene rings is 1. The topological polar surface area (TPSA) is 43.4 Å². The number of Topliss-reactive ketones (excluding diaryl/α,β-unsaturated/α-hetero) is 1. The van der Waals surface area contributed by atoms with E-state index in [2.05, 4.69) is 32.9 Å². The van der Waals surface area contributed by atoms with Gasteiger partial charge in [0.05, 0.1) is 6.61 Å². The van der Waals surface area contributed by atoms with Crippen LogP contribution in [0.1, 0.15) is 45.7 Å². The molecule has 0 aromatic heterocycles. The normalized spacial score (nSPS) is 12.8. The van der Waals surface area contributed by atoms with E-state index in [1.54, 1.807) is 6.92 Å². The highest BCUT2D eigenvalue weighted by Crippen LogP contribution is 2.23. The number of hydrogen-bond donors (Lipinski definition) is 0. The highest BCUT2D eigenvalue weighted by atomic mass is 16.5. The maximum Gasteiger partial charge on any atom is 0.316 e. The van der Waals surface area contributed by atoms with Crippen molar-refractivity contribution in [1.82, 2.24) is 0 Å². The number of ketones is 1. The first kappa shape index (κ1) is 16.4. The molecule has 0 N–H and O–H groups in total. The van der Waals surface area contributed by atoms with E-state index in [4.69, 9.17) is 4.74 Å². The van der Waals surface area contributed by atoms with E-state index in [9.17, 15) is 9.59 Å². The molecule has 0 heterocycles. The number of carbonyl (C=O) groups is 2. The van der Waals surface area contributed by atoms with Gasteiger partial charge in [-0.1, -0.05) is 45.0 Å². The molecule has 0 fully saturated rings. The van der Waals surface area contributed by atoms with E-state index in [0.29, 0.717) is 13.0 Å². The number of esters is 1. The summed E-state index contributed by atoms with van der Waals surface area (Å²) >= 11 is 0. The average molecular weight is 276 g/mol. The minimum absolute atomic E-state index is 0.0969. The van der Waals surface area contributed by atoms with Crippen LogP contribution in [0.2, 0.25) is 0 Å². The van der Waals surface area contributed by atoms with E-state index in [0.717, 1.165) is 5.56 Å². The van der Waals surface area contributed by atoms with Crippen LogP contribution in [0.25, 0.3) is 0 Å². The van der Waals surface area contributed by atoms with Crippen LogP contribution >= 0.6 is 0 Å². The predicted molar refractivity (Wildman–Crippen MR) is 79.7 cm³/mol. The smallest absolute Gasteiger partial charge is 0.316 e. The molecule has 0 amide bonds. The van der Waals surface area contributed by atoms with Crippen LogP contribution < -0.4 is 0 Å². The van der Waals surface area contributed by atoms with Gasteiger partial charge in [-0.15, -0.1) is 0 Å². The maximum absolute atomic E-state index is 11.8. The molecule has 1 aromatic carbocycles. The Morgan fingerprint density at radius 1 is 1.15 bits per heavy atom. The van der Waals surface area contributed by atoms with Gasteiger partial charge >= 0.3 is 5.97 Å². The van der Waals surface area contributed by atoms with Crippen molar-refractivity contribution < 1.29 is 14.3 Å². The second kappa shape index (κ2) is 6.69. The second-order valence-electron chi connectivity index (χ2n) is 6.07. The van der Waals surface area contributed by atoms with E-state index in [1.165, 1.54) is 12.5 Å². The summed E-state index contributed by atoms with van der Waals surface area (Å²) in [6, 6.07) is 8.07. The number of carbonyl (C=O) groups excluding carboxylic acids is 2. The third kappa shape index (κ3) is 4.48. The molecule has 3 nitrogen and oxygen atoms in total. The van der Waals surface area contributed by atoms with Gasteiger partial charge in [0.2, 0.25) is 0 Å². The van der Waals surface area contributed by atoms with Crippen LogP contribution in [0.4, 0.5) is 0 Å². The zero-order chi connectivity index (χ0) is 15.3. The Labute approximate surface area is 121 Å². The SMILES string of the molecule is CCOC(=O)[C@H](Cc1ccc(C(C)(C)C)cc1)C(C)=O. The van der Waals surface area contributed by atoms with E-state index in [-0.39, 0.29) is 11.2 Å². The van der Waals surface area contributed by atoms with Crippen molar-refractivity contribution >= 4 is 11.8 Å². The average Bonchev–Trinajstić information content (AvgIpc) is 2.35. The fraction of sp³-hybridized carbons (Fsp3) is 0.529. The zero-order valence-corrected chi connectivity index (χ0v) is 13.0. The molecular formula is C17H24O3. The van der Waals surface area contributed by atoms with Crippen LogP contribution in [-0.4, -0.2) is 18.4 Å². The van der Waals surface area contributed by atoms with Crippen molar-refractivity contribution in [2.45, 2.75) is 46.5 Å². The van der Waals surface area contributed by atoms with Gasteiger partial charge in [-0.05, 0) is 36.8 Å². The molecule has 0 radical (unpaired) electrons. The fourth-order valence-electron chi connectivity index (χ4n) is 2.01. The lowest BCUT2D eigenvalue weighted by molar-refractivity contribution is -0.151. The summed E-state index contributed by atoms with van der Waals surface area (Å²) in [5.41, 5.74) is 2.31. The molecule has 20 heavy (non-hydrogen) atoms. The second-order valence-corrected chi connectivity index (χ2v) is 6.07. The van der Waals surface area contributed by atoms with Crippen LogP contribution in [0.5, 0.6) is 0 Å². The maximum atomic E-state index is 11.8. The molecule has 110 valence electrons. The molecule has 0 bridgehead atoms. The van der Waals surface area contributed by atoms with Crippen LogP contribution in [0.15, 0.2) is 24.3 Å². The summed E-state index contributed by atoms with van der Waals surface area (Å²) in [6.45, 7) is 9.93. The molecule has 3 heteroatoms. The van der Waals surface area contributed by atoms with Gasteiger partial charge < -0.3 is 4.74 Å². The summed E-state index contributed by atoms with van der Waals surface area (Å²) in [7, 11) is 0. The Morgan fingerprint density at radius 3 is 2.10 bits per heavy atom. The molecule has 0 unspecified atom stereocenters. The molecular weight excluding hydrogens is 252 g/mol. The summed E-state index contributed by atoms with van der Waals surface area (Å²) < 4.78 is 4.96. The van der Waals surface area contributed by atoms with Gasteiger partial charge in [0, 0.05) is 0 Å². The Morgan fingerprint density at radius 2 is 1.70 bits per heavy atom. The van der Waals surface area contributed by atoms with E-state index < -0.39 is 11.9 Å². The standard InChI is InChI=1S/C17H24O3/c1-6-20-16(19)15(12(2)18)11-13-7-9-14(10-8-13)17(3,4)5/h7-10,15H,6,11H2,1-5H3/t15-/m1/s1. The summed E-state index contributed by atoms with van der Waals surface area (Å²) in [5.74, 6) is -1.28. The van der Waals surface area contributed by atoms with Crippen LogP contribution in [0.3, 0.4) is 0 Å². The van der Waals surface area contributed by atoms with Crippen molar-refractivity contribution in [3.05, 3.63) is 35.4 Å². The monoisotopic (exact) mass is 276 g/mol. The van der Waals surface area contributed by atoms with Crippen molar-refractivity contribution in [2.75, 3.05) is 6.61 Å². The Hall–Kier alpha value is -1.64. The number of rotatable bonds is 5. The zero-order valence-electron chi connectivity index (χ0n) is 13.0. The van der Waals surface area contributed by atoms with Gasteiger partial charge in [-0.25, -0.2) is 0 Å². The lowest BCUT2D eigenvalue weighted by Gasteiger charge is -2.19. The minimum atomic E-state index is -0.699. The molecule has 1 atom stereocenters. The third-order valence-electron chi connectivity index (χ3n) is 3.32. The van der Waals surface area contributed by atoms with Crippen molar-refractivity contribution in [3.8, 4) is 0 Å². The molecule has 1 aromatic rings. The number of hydrogen-bond acceptors (Lipinski definition) is 3. The van der Waals surface area contributed by atoms with Crippen molar-refractivity contribution in [1.29, 1.82) is 0 Å². The van der Waals surface area contributed by atoms with Crippen LogP contribution in [0, 0.1) is 5.92 Å². The first-order valence-corrected chi connectivity index (χ1v) is 7.02. The molecule has 0 aliphatic rings. The van der Waals surface area contributed by atoms with Gasteiger partial charge in [-0.3, -0.25) is 9.59 Å². The highest BCUT2D eigenvalue weighted by Gasteiger charge is 2.25. The first-order chi connectivity index (χ1) is 9.25. The largest absolute Gasteiger partial charge is 0.465 e. The molecule has 1 rings (SSSR count). The predicted octanol–water partition coefficient (Wildman–Crippen LogP) is 3.29. The quantitative estimate of drug-likeness (QED) is 0.612. The lowest BCUT2D eigenvalue weighted by atomic mass is 9.86. The van der Waals surface area contributed by atoms with Gasteiger partial charge in [0.1, 0.15) is 11.7 Å². The lowest BCUT2D eigenvalue weighted by Crippen LogP contribution is -2.26. The summed E-state index contributed by atoms with van der Waals surface area (Å²) in [6.07, 6.45) is 0.401. The molecule has 0 aliphatic carbocycles. The first-order valence-electron chi connectivity index (χ1n) is 7.02. The van der Waals surface area contributed by atoms with Gasteiger partial charge in [-0.2, -0.15) is 0 Å². The fourth-order valence-corrected chi connectivity index (χ4v) is 2.01. The Balaban J connectivity index is 2.85. The molecule has 0 aliphatic heterocycles. The highest BCUT2D eigenvalue weighted by molar-refractivity contribution is 5.98. The van der Waals surface area contributed by atoms with Crippen molar-refractivity contribution in [2.24, 2.45) is 5.92 Å². The summed E-state index contributed by atoms with van der Waals surface area (Å²) in [5, 5.41) is 0. The van der Waals surface area contributed by atoms with Gasteiger partial charge in [0.15, 0.2) is 0 Å².